The Bertz CT molecular complexity index is 1640. The van der Waals surface area contributed by atoms with Crippen LogP contribution in [0.1, 0.15) is 0 Å². The summed E-state index contributed by atoms with van der Waals surface area (Å²) in [5, 5.41) is 4.55. The fourth-order valence-electron chi connectivity index (χ4n) is 4.20. The molecule has 5 aromatic rings. The molecule has 0 amide bonds. The Kier molecular flexibility index (Phi) is 5.16. The molecular formula is C28H18ClFN4O. The van der Waals surface area contributed by atoms with Gasteiger partial charge in [0.1, 0.15) is 18.2 Å². The molecule has 5 nitrogen and oxygen atoms in total. The van der Waals surface area contributed by atoms with Gasteiger partial charge in [-0.05, 0) is 65.7 Å². The zero-order valence-corrected chi connectivity index (χ0v) is 19.2. The number of halogens is 2. The van der Waals surface area contributed by atoms with Crippen molar-refractivity contribution in [1.82, 2.24) is 15.0 Å². The van der Waals surface area contributed by atoms with Crippen LogP contribution in [0.2, 0.25) is 5.02 Å². The molecule has 35 heavy (non-hydrogen) atoms. The average Bonchev–Trinajstić information content (AvgIpc) is 2.89. The molecule has 1 aliphatic heterocycles. The molecule has 0 fully saturated rings. The van der Waals surface area contributed by atoms with Gasteiger partial charge in [-0.25, -0.2) is 14.4 Å². The third-order valence-corrected chi connectivity index (χ3v) is 6.10. The van der Waals surface area contributed by atoms with Gasteiger partial charge in [-0.3, -0.25) is 4.98 Å². The highest BCUT2D eigenvalue weighted by atomic mass is 35.5. The quantitative estimate of drug-likeness (QED) is 0.297. The van der Waals surface area contributed by atoms with Crippen molar-refractivity contribution >= 4 is 28.3 Å². The maximum atomic E-state index is 14.7. The molecule has 6 rings (SSSR count). The third kappa shape index (κ3) is 3.98. The van der Waals surface area contributed by atoms with Crippen molar-refractivity contribution in [3.63, 3.8) is 0 Å². The van der Waals surface area contributed by atoms with Crippen LogP contribution in [0.25, 0.3) is 44.5 Å². The first kappa shape index (κ1) is 21.3. The Labute approximate surface area is 205 Å². The maximum absolute atomic E-state index is 14.7. The van der Waals surface area contributed by atoms with Crippen molar-refractivity contribution in [1.29, 1.82) is 0 Å². The predicted octanol–water partition coefficient (Wildman–Crippen LogP) is 7.14. The van der Waals surface area contributed by atoms with E-state index in [-0.39, 0.29) is 0 Å². The van der Waals surface area contributed by atoms with Crippen LogP contribution in [0.15, 0.2) is 91.5 Å². The van der Waals surface area contributed by atoms with Crippen molar-refractivity contribution in [3.05, 3.63) is 102 Å². The number of rotatable bonds is 3. The Morgan fingerprint density at radius 2 is 1.83 bits per heavy atom. The van der Waals surface area contributed by atoms with Gasteiger partial charge in [0.25, 0.3) is 0 Å². The van der Waals surface area contributed by atoms with E-state index in [0.717, 1.165) is 44.8 Å². The van der Waals surface area contributed by atoms with E-state index in [0.29, 0.717) is 28.5 Å². The molecule has 1 N–H and O–H groups in total. The predicted molar refractivity (Wildman–Crippen MR) is 137 cm³/mol. The monoisotopic (exact) mass is 480 g/mol. The lowest BCUT2D eigenvalue weighted by molar-refractivity contribution is 0.346. The molecule has 0 aliphatic carbocycles. The number of fused-ring (bicyclic) bond motifs is 2. The molecule has 0 saturated heterocycles. The van der Waals surface area contributed by atoms with Gasteiger partial charge in [-0.1, -0.05) is 24.2 Å². The first-order valence-electron chi connectivity index (χ1n) is 10.9. The van der Waals surface area contributed by atoms with Crippen molar-refractivity contribution in [2.75, 3.05) is 11.9 Å². The van der Waals surface area contributed by atoms with E-state index in [1.807, 2.05) is 48.7 Å². The number of nitrogens with zero attached hydrogens (tertiary/aromatic N) is 3. The summed E-state index contributed by atoms with van der Waals surface area (Å²) in [5.74, 6) is 0.380. The maximum Gasteiger partial charge on any atom is 0.160 e. The van der Waals surface area contributed by atoms with Crippen LogP contribution in [0.5, 0.6) is 5.75 Å². The van der Waals surface area contributed by atoms with E-state index in [9.17, 15) is 4.39 Å². The number of aromatic nitrogens is 3. The van der Waals surface area contributed by atoms with Gasteiger partial charge in [-0.15, -0.1) is 0 Å². The van der Waals surface area contributed by atoms with Gasteiger partial charge in [0.15, 0.2) is 5.65 Å². The summed E-state index contributed by atoms with van der Waals surface area (Å²) in [6.07, 6.45) is 5.26. The summed E-state index contributed by atoms with van der Waals surface area (Å²) in [6, 6.07) is 18.1. The van der Waals surface area contributed by atoms with Gasteiger partial charge in [0, 0.05) is 51.4 Å². The van der Waals surface area contributed by atoms with Crippen LogP contribution < -0.4 is 10.1 Å². The number of hydrogen-bond acceptors (Lipinski definition) is 5. The zero-order chi connectivity index (χ0) is 23.9. The largest absolute Gasteiger partial charge is 0.485 e. The highest BCUT2D eigenvalue weighted by molar-refractivity contribution is 6.30. The lowest BCUT2D eigenvalue weighted by atomic mass is 9.98. The minimum Gasteiger partial charge on any atom is -0.485 e. The first-order valence-corrected chi connectivity index (χ1v) is 11.3. The van der Waals surface area contributed by atoms with Gasteiger partial charge in [-0.2, -0.15) is 0 Å². The second kappa shape index (κ2) is 8.49. The second-order valence-corrected chi connectivity index (χ2v) is 8.68. The Morgan fingerprint density at radius 1 is 0.943 bits per heavy atom. The summed E-state index contributed by atoms with van der Waals surface area (Å²) in [5.41, 5.74) is 6.55. The summed E-state index contributed by atoms with van der Waals surface area (Å²) in [4.78, 5) is 13.5. The molecular weight excluding hydrogens is 463 g/mol. The SMILES string of the molecule is C=C1COc2ccc(-c3cncc(-c4cc(-c5cc(Cl)ccc5F)nc5ncccc45)c3)cc2N1. The van der Waals surface area contributed by atoms with Crippen LogP contribution in [0.3, 0.4) is 0 Å². The molecule has 0 bridgehead atoms. The normalized spacial score (nSPS) is 12.7. The molecule has 0 spiro atoms. The van der Waals surface area contributed by atoms with Crippen molar-refractivity contribution in [2.45, 2.75) is 0 Å². The molecule has 0 radical (unpaired) electrons. The van der Waals surface area contributed by atoms with Crippen LogP contribution in [0.4, 0.5) is 10.1 Å². The molecule has 0 saturated carbocycles. The van der Waals surface area contributed by atoms with Crippen molar-refractivity contribution in [3.8, 4) is 39.3 Å². The van der Waals surface area contributed by atoms with Gasteiger partial charge in [0.2, 0.25) is 0 Å². The molecule has 2 aromatic carbocycles. The van der Waals surface area contributed by atoms with Crippen LogP contribution >= 0.6 is 11.6 Å². The van der Waals surface area contributed by atoms with Gasteiger partial charge < -0.3 is 10.1 Å². The molecule has 1 aliphatic rings. The Morgan fingerprint density at radius 3 is 2.74 bits per heavy atom. The van der Waals surface area contributed by atoms with E-state index in [4.69, 9.17) is 16.3 Å². The zero-order valence-electron chi connectivity index (χ0n) is 18.4. The minimum atomic E-state index is -0.402. The second-order valence-electron chi connectivity index (χ2n) is 8.24. The van der Waals surface area contributed by atoms with E-state index >= 15 is 0 Å². The molecule has 4 heterocycles. The number of hydrogen-bond donors (Lipinski definition) is 1. The van der Waals surface area contributed by atoms with Crippen LogP contribution in [-0.2, 0) is 0 Å². The topological polar surface area (TPSA) is 59.9 Å². The number of pyridine rings is 3. The summed E-state index contributed by atoms with van der Waals surface area (Å²) in [7, 11) is 0. The lowest BCUT2D eigenvalue weighted by Crippen LogP contribution is -2.15. The highest BCUT2D eigenvalue weighted by Gasteiger charge is 2.16. The summed E-state index contributed by atoms with van der Waals surface area (Å²) >= 11 is 6.15. The van der Waals surface area contributed by atoms with Crippen molar-refractivity contribution < 1.29 is 9.13 Å². The molecule has 0 unspecified atom stereocenters. The lowest BCUT2D eigenvalue weighted by Gasteiger charge is -2.21. The van der Waals surface area contributed by atoms with Gasteiger partial charge in [0.05, 0.1) is 11.4 Å². The highest BCUT2D eigenvalue weighted by Crippen LogP contribution is 2.37. The average molecular weight is 481 g/mol. The van der Waals surface area contributed by atoms with Crippen LogP contribution in [0, 0.1) is 5.82 Å². The standard InChI is InChI=1S/C28H18ClFN4O/c1-16-15-35-27-7-4-17(10-26(27)33-16)18-9-19(14-31-13-18)22-12-25(23-11-20(29)5-6-24(23)30)34-28-21(22)3-2-8-32-28/h2-14,33H,1,15H2. The van der Waals surface area contributed by atoms with Gasteiger partial charge >= 0.3 is 0 Å². The third-order valence-electron chi connectivity index (χ3n) is 5.86. The summed E-state index contributed by atoms with van der Waals surface area (Å²) in [6.45, 7) is 4.39. The number of ether oxygens (including phenoxy) is 1. The number of nitrogens with one attached hydrogen (secondary N) is 1. The van der Waals surface area contributed by atoms with E-state index in [2.05, 4.69) is 26.8 Å². The molecule has 0 atom stereocenters. The Hall–Kier alpha value is -4.29. The smallest absolute Gasteiger partial charge is 0.160 e. The summed E-state index contributed by atoms with van der Waals surface area (Å²) < 4.78 is 20.4. The number of anilines is 1. The Balaban J connectivity index is 1.50. The van der Waals surface area contributed by atoms with E-state index < -0.39 is 5.82 Å². The van der Waals surface area contributed by atoms with E-state index in [1.54, 1.807) is 18.5 Å². The first-order chi connectivity index (χ1) is 17.0. The van der Waals surface area contributed by atoms with Crippen molar-refractivity contribution in [2.24, 2.45) is 0 Å². The van der Waals surface area contributed by atoms with E-state index in [1.165, 1.54) is 12.1 Å². The minimum absolute atomic E-state index is 0.316. The fraction of sp³-hybridized carbons (Fsp3) is 0.0357. The molecule has 3 aromatic heterocycles. The molecule has 7 heteroatoms. The van der Waals surface area contributed by atoms with Crippen LogP contribution in [-0.4, -0.2) is 21.6 Å². The fourth-order valence-corrected chi connectivity index (χ4v) is 4.37. The molecule has 170 valence electrons. The number of benzene rings is 2.